The molecule has 0 saturated carbocycles. The summed E-state index contributed by atoms with van der Waals surface area (Å²) in [4.78, 5) is 0.106. The van der Waals surface area contributed by atoms with Crippen LogP contribution in [0.5, 0.6) is 0 Å². The number of aryl methyl sites for hydroxylation is 1. The van der Waals surface area contributed by atoms with E-state index in [0.717, 1.165) is 11.8 Å². The second-order valence-electron chi connectivity index (χ2n) is 2.88. The van der Waals surface area contributed by atoms with E-state index >= 15 is 0 Å². The first kappa shape index (κ1) is 9.75. The minimum atomic E-state index is -3.29. The Bertz CT molecular complexity index is 469. The van der Waals surface area contributed by atoms with Gasteiger partial charge in [-0.05, 0) is 24.6 Å². The van der Waals surface area contributed by atoms with E-state index in [4.69, 9.17) is 5.26 Å². The summed E-state index contributed by atoms with van der Waals surface area (Å²) >= 11 is 0. The van der Waals surface area contributed by atoms with Crippen LogP contribution in [0.4, 0.5) is 0 Å². The van der Waals surface area contributed by atoms with Gasteiger partial charge in [0.05, 0.1) is 10.5 Å². The Morgan fingerprint density at radius 2 is 2.00 bits per heavy atom. The highest BCUT2D eigenvalue weighted by atomic mass is 32.2. The Morgan fingerprint density at radius 1 is 1.38 bits per heavy atom. The predicted molar refractivity (Wildman–Crippen MR) is 49.0 cm³/mol. The van der Waals surface area contributed by atoms with Crippen molar-refractivity contribution < 1.29 is 8.42 Å². The lowest BCUT2D eigenvalue weighted by molar-refractivity contribution is 0.601. The lowest BCUT2D eigenvalue weighted by Gasteiger charge is -2.01. The van der Waals surface area contributed by atoms with Crippen LogP contribution in [-0.2, 0) is 9.84 Å². The number of benzene rings is 1. The molecule has 1 rings (SSSR count). The summed E-state index contributed by atoms with van der Waals surface area (Å²) in [6, 6.07) is 6.59. The van der Waals surface area contributed by atoms with Gasteiger partial charge in [0.2, 0.25) is 0 Å². The monoisotopic (exact) mass is 195 g/mol. The maximum atomic E-state index is 11.2. The van der Waals surface area contributed by atoms with Gasteiger partial charge < -0.3 is 0 Å². The average molecular weight is 195 g/mol. The summed E-state index contributed by atoms with van der Waals surface area (Å²) < 4.78 is 22.4. The van der Waals surface area contributed by atoms with Crippen molar-refractivity contribution in [3.8, 4) is 6.07 Å². The highest BCUT2D eigenvalue weighted by molar-refractivity contribution is 7.90. The van der Waals surface area contributed by atoms with Crippen LogP contribution in [0.1, 0.15) is 11.1 Å². The first-order valence-corrected chi connectivity index (χ1v) is 5.55. The topological polar surface area (TPSA) is 57.9 Å². The minimum Gasteiger partial charge on any atom is -0.224 e. The van der Waals surface area contributed by atoms with E-state index in [1.807, 2.05) is 6.07 Å². The second kappa shape index (κ2) is 3.19. The van der Waals surface area contributed by atoms with Crippen LogP contribution >= 0.6 is 0 Å². The molecule has 0 aliphatic rings. The quantitative estimate of drug-likeness (QED) is 0.678. The number of sulfone groups is 1. The van der Waals surface area contributed by atoms with Crippen molar-refractivity contribution >= 4 is 9.84 Å². The van der Waals surface area contributed by atoms with E-state index in [9.17, 15) is 8.42 Å². The Kier molecular flexibility index (Phi) is 2.39. The molecule has 0 fully saturated rings. The van der Waals surface area contributed by atoms with E-state index in [1.54, 1.807) is 13.0 Å². The van der Waals surface area contributed by atoms with Crippen molar-refractivity contribution in [2.24, 2.45) is 0 Å². The van der Waals surface area contributed by atoms with E-state index in [1.165, 1.54) is 12.1 Å². The molecule has 0 N–H and O–H groups in total. The van der Waals surface area contributed by atoms with Crippen molar-refractivity contribution in [2.45, 2.75) is 11.8 Å². The van der Waals surface area contributed by atoms with Gasteiger partial charge in [-0.2, -0.15) is 5.26 Å². The first-order chi connectivity index (χ1) is 5.95. The highest BCUT2D eigenvalue weighted by Gasteiger charge is 2.12. The Balaban J connectivity index is 3.53. The van der Waals surface area contributed by atoms with Gasteiger partial charge in [0.15, 0.2) is 9.84 Å². The Morgan fingerprint density at radius 3 is 2.46 bits per heavy atom. The van der Waals surface area contributed by atoms with E-state index in [2.05, 4.69) is 0 Å². The maximum Gasteiger partial charge on any atom is 0.176 e. The molecular formula is C9H9NO2S. The molecule has 0 unspecified atom stereocenters. The third-order valence-corrected chi connectivity index (χ3v) is 2.79. The molecule has 4 heteroatoms. The van der Waals surface area contributed by atoms with Gasteiger partial charge in [-0.25, -0.2) is 8.42 Å². The van der Waals surface area contributed by atoms with E-state index in [-0.39, 0.29) is 10.5 Å². The normalized spacial score (nSPS) is 10.8. The van der Waals surface area contributed by atoms with Gasteiger partial charge in [0.25, 0.3) is 0 Å². The minimum absolute atomic E-state index is 0.106. The zero-order valence-corrected chi connectivity index (χ0v) is 8.22. The molecule has 1 aromatic carbocycles. The maximum absolute atomic E-state index is 11.2. The Hall–Kier alpha value is -1.34. The Labute approximate surface area is 77.5 Å². The fourth-order valence-electron chi connectivity index (χ4n) is 1.03. The number of nitrogens with zero attached hydrogens (tertiary/aromatic N) is 1. The average Bonchev–Trinajstić information content (AvgIpc) is 2.03. The summed E-state index contributed by atoms with van der Waals surface area (Å²) in [5.41, 5.74) is 1.03. The summed E-state index contributed by atoms with van der Waals surface area (Å²) in [6.45, 7) is 1.79. The lowest BCUT2D eigenvalue weighted by Crippen LogP contribution is -2.00. The summed E-state index contributed by atoms with van der Waals surface area (Å²) in [5.74, 6) is 0. The zero-order chi connectivity index (χ0) is 10.1. The molecule has 0 bridgehead atoms. The first-order valence-electron chi connectivity index (χ1n) is 3.66. The van der Waals surface area contributed by atoms with Gasteiger partial charge in [0.1, 0.15) is 6.07 Å². The zero-order valence-electron chi connectivity index (χ0n) is 7.40. The third-order valence-electron chi connectivity index (χ3n) is 1.66. The number of hydrogen-bond donors (Lipinski definition) is 0. The van der Waals surface area contributed by atoms with Gasteiger partial charge in [0, 0.05) is 6.26 Å². The van der Waals surface area contributed by atoms with Crippen molar-refractivity contribution in [3.05, 3.63) is 29.3 Å². The van der Waals surface area contributed by atoms with Gasteiger partial charge >= 0.3 is 0 Å². The SMILES string of the molecule is Cc1ccc(C#N)c(S(C)(=O)=O)c1. The number of rotatable bonds is 1. The molecule has 1 aromatic rings. The van der Waals surface area contributed by atoms with Crippen molar-refractivity contribution in [3.63, 3.8) is 0 Å². The fraction of sp³-hybridized carbons (Fsp3) is 0.222. The van der Waals surface area contributed by atoms with E-state index in [0.29, 0.717) is 0 Å². The molecule has 0 heterocycles. The number of hydrogen-bond acceptors (Lipinski definition) is 3. The molecule has 0 amide bonds. The van der Waals surface area contributed by atoms with E-state index < -0.39 is 9.84 Å². The largest absolute Gasteiger partial charge is 0.224 e. The van der Waals surface area contributed by atoms with Crippen molar-refractivity contribution in [1.29, 1.82) is 5.26 Å². The molecule has 0 aliphatic heterocycles. The molecule has 3 nitrogen and oxygen atoms in total. The van der Waals surface area contributed by atoms with Crippen molar-refractivity contribution in [1.82, 2.24) is 0 Å². The van der Waals surface area contributed by atoms with Crippen LogP contribution in [0.15, 0.2) is 23.1 Å². The molecule has 0 aromatic heterocycles. The molecule has 0 radical (unpaired) electrons. The lowest BCUT2D eigenvalue weighted by atomic mass is 10.2. The third kappa shape index (κ3) is 2.07. The summed E-state index contributed by atoms with van der Waals surface area (Å²) in [5, 5.41) is 8.66. The smallest absolute Gasteiger partial charge is 0.176 e. The predicted octanol–water partition coefficient (Wildman–Crippen LogP) is 1.27. The molecule has 68 valence electrons. The standard InChI is InChI=1S/C9H9NO2S/c1-7-3-4-8(6-10)9(5-7)13(2,11)12/h3-5H,1-2H3. The van der Waals surface area contributed by atoms with Crippen LogP contribution in [0, 0.1) is 18.3 Å². The van der Waals surface area contributed by atoms with Crippen LogP contribution in [0.25, 0.3) is 0 Å². The molecule has 13 heavy (non-hydrogen) atoms. The summed E-state index contributed by atoms with van der Waals surface area (Å²) in [6.07, 6.45) is 1.10. The molecule has 0 spiro atoms. The molecular weight excluding hydrogens is 186 g/mol. The molecule has 0 saturated heterocycles. The van der Waals surface area contributed by atoms with Crippen LogP contribution in [-0.4, -0.2) is 14.7 Å². The summed E-state index contributed by atoms with van der Waals surface area (Å²) in [7, 11) is -3.29. The molecule has 0 aliphatic carbocycles. The van der Waals surface area contributed by atoms with Crippen LogP contribution in [0.2, 0.25) is 0 Å². The highest BCUT2D eigenvalue weighted by Crippen LogP contribution is 2.16. The van der Waals surface area contributed by atoms with Gasteiger partial charge in [-0.1, -0.05) is 6.07 Å². The van der Waals surface area contributed by atoms with Gasteiger partial charge in [-0.3, -0.25) is 0 Å². The molecule has 0 atom stereocenters. The second-order valence-corrected chi connectivity index (χ2v) is 4.87. The number of nitriles is 1. The fourth-order valence-corrected chi connectivity index (χ4v) is 1.94. The van der Waals surface area contributed by atoms with Crippen molar-refractivity contribution in [2.75, 3.05) is 6.26 Å². The van der Waals surface area contributed by atoms with Crippen LogP contribution < -0.4 is 0 Å². The van der Waals surface area contributed by atoms with Crippen LogP contribution in [0.3, 0.4) is 0 Å². The van der Waals surface area contributed by atoms with Gasteiger partial charge in [-0.15, -0.1) is 0 Å².